The maximum absolute atomic E-state index is 12.6. The van der Waals surface area contributed by atoms with Gasteiger partial charge in [-0.3, -0.25) is 4.79 Å². The molecular formula is C16H17NO4S. The molecule has 0 aliphatic heterocycles. The van der Waals surface area contributed by atoms with E-state index in [0.29, 0.717) is 12.0 Å². The van der Waals surface area contributed by atoms with Crippen LogP contribution in [0.4, 0.5) is 0 Å². The van der Waals surface area contributed by atoms with E-state index in [2.05, 4.69) is 0 Å². The molecule has 2 rings (SSSR count). The fourth-order valence-electron chi connectivity index (χ4n) is 2.05. The number of aldehydes is 1. The van der Waals surface area contributed by atoms with E-state index in [1.165, 1.54) is 23.5 Å². The first kappa shape index (κ1) is 16.2. The van der Waals surface area contributed by atoms with Gasteiger partial charge in [0.05, 0.1) is 12.0 Å². The lowest BCUT2D eigenvalue weighted by Gasteiger charge is -2.18. The lowest BCUT2D eigenvalue weighted by atomic mass is 10.2. The largest absolute Gasteiger partial charge is 0.497 e. The van der Waals surface area contributed by atoms with Crippen molar-refractivity contribution in [3.05, 3.63) is 59.7 Å². The summed E-state index contributed by atoms with van der Waals surface area (Å²) >= 11 is 0. The van der Waals surface area contributed by atoms with Gasteiger partial charge in [0.1, 0.15) is 5.75 Å². The summed E-state index contributed by atoms with van der Waals surface area (Å²) in [5.41, 5.74) is 0.986. The molecule has 0 aromatic heterocycles. The molecule has 2 aromatic rings. The summed E-state index contributed by atoms with van der Waals surface area (Å²) in [6, 6.07) is 13.3. The molecule has 0 radical (unpaired) electrons. The van der Waals surface area contributed by atoms with Gasteiger partial charge in [-0.25, -0.2) is 8.42 Å². The van der Waals surface area contributed by atoms with Crippen LogP contribution in [-0.2, 0) is 16.6 Å². The monoisotopic (exact) mass is 319 g/mol. The molecule has 0 saturated heterocycles. The second kappa shape index (κ2) is 6.72. The Morgan fingerprint density at radius 3 is 2.32 bits per heavy atom. The molecule has 0 saturated carbocycles. The molecule has 0 unspecified atom stereocenters. The quantitative estimate of drug-likeness (QED) is 0.767. The zero-order valence-electron chi connectivity index (χ0n) is 12.4. The standard InChI is InChI=1S/C16H17NO4S/c1-17(11-13-7-9-15(21-2)10-8-13)22(19,20)16-6-4-3-5-14(16)12-18/h3-10,12H,11H2,1-2H3. The van der Waals surface area contributed by atoms with Gasteiger partial charge in [-0.1, -0.05) is 30.3 Å². The Kier molecular flexibility index (Phi) is 4.95. The van der Waals surface area contributed by atoms with E-state index in [1.54, 1.807) is 43.5 Å². The Morgan fingerprint density at radius 2 is 1.73 bits per heavy atom. The SMILES string of the molecule is COc1ccc(CN(C)S(=O)(=O)c2ccccc2C=O)cc1. The average Bonchev–Trinajstić information content (AvgIpc) is 2.55. The van der Waals surface area contributed by atoms with E-state index in [1.807, 2.05) is 0 Å². The molecule has 6 heteroatoms. The zero-order chi connectivity index (χ0) is 16.2. The third kappa shape index (κ3) is 3.35. The minimum atomic E-state index is -3.72. The van der Waals surface area contributed by atoms with Gasteiger partial charge < -0.3 is 4.74 Å². The van der Waals surface area contributed by atoms with Gasteiger partial charge >= 0.3 is 0 Å². The van der Waals surface area contributed by atoms with Crippen LogP contribution in [0.1, 0.15) is 15.9 Å². The minimum Gasteiger partial charge on any atom is -0.497 e. The fraction of sp³-hybridized carbons (Fsp3) is 0.188. The predicted octanol–water partition coefficient (Wildman–Crippen LogP) is 2.33. The van der Waals surface area contributed by atoms with E-state index in [9.17, 15) is 13.2 Å². The van der Waals surface area contributed by atoms with Crippen molar-refractivity contribution < 1.29 is 17.9 Å². The summed E-state index contributed by atoms with van der Waals surface area (Å²) in [5.74, 6) is 0.709. The first-order chi connectivity index (χ1) is 10.5. The number of hydrogen-bond acceptors (Lipinski definition) is 4. The third-order valence-corrected chi connectivity index (χ3v) is 5.18. The molecule has 116 valence electrons. The summed E-state index contributed by atoms with van der Waals surface area (Å²) < 4.78 is 31.5. The van der Waals surface area contributed by atoms with Crippen LogP contribution in [0.15, 0.2) is 53.4 Å². The number of ether oxygens (including phenoxy) is 1. The minimum absolute atomic E-state index is 0.0148. The first-order valence-electron chi connectivity index (χ1n) is 6.62. The zero-order valence-corrected chi connectivity index (χ0v) is 13.2. The van der Waals surface area contributed by atoms with Crippen molar-refractivity contribution in [1.29, 1.82) is 0 Å². The maximum Gasteiger partial charge on any atom is 0.243 e. The van der Waals surface area contributed by atoms with Gasteiger partial charge in [0.2, 0.25) is 10.0 Å². The number of carbonyl (C=O) groups is 1. The number of hydrogen-bond donors (Lipinski definition) is 0. The van der Waals surface area contributed by atoms with Crippen LogP contribution in [0.25, 0.3) is 0 Å². The maximum atomic E-state index is 12.6. The normalized spacial score (nSPS) is 11.4. The molecule has 0 fully saturated rings. The van der Waals surface area contributed by atoms with Crippen LogP contribution >= 0.6 is 0 Å². The second-order valence-corrected chi connectivity index (χ2v) is 6.78. The molecule has 2 aromatic carbocycles. The van der Waals surface area contributed by atoms with Crippen molar-refractivity contribution in [1.82, 2.24) is 4.31 Å². The van der Waals surface area contributed by atoms with Crippen LogP contribution in [-0.4, -0.2) is 33.2 Å². The smallest absolute Gasteiger partial charge is 0.243 e. The average molecular weight is 319 g/mol. The Hall–Kier alpha value is -2.18. The number of benzene rings is 2. The molecule has 0 amide bonds. The Morgan fingerprint density at radius 1 is 1.09 bits per heavy atom. The molecule has 0 aliphatic rings. The Labute approximate surface area is 130 Å². The van der Waals surface area contributed by atoms with Gasteiger partial charge in [0.15, 0.2) is 6.29 Å². The topological polar surface area (TPSA) is 63.7 Å². The van der Waals surface area contributed by atoms with Crippen LogP contribution in [0, 0.1) is 0 Å². The van der Waals surface area contributed by atoms with Crippen LogP contribution in [0.3, 0.4) is 0 Å². The van der Waals surface area contributed by atoms with Gasteiger partial charge in [-0.05, 0) is 23.8 Å². The van der Waals surface area contributed by atoms with Gasteiger partial charge in [-0.15, -0.1) is 0 Å². The third-order valence-electron chi connectivity index (χ3n) is 3.30. The van der Waals surface area contributed by atoms with Gasteiger partial charge in [0, 0.05) is 19.2 Å². The molecule has 0 atom stereocenters. The van der Waals surface area contributed by atoms with Crippen LogP contribution < -0.4 is 4.74 Å². The van der Waals surface area contributed by atoms with E-state index >= 15 is 0 Å². The number of nitrogens with zero attached hydrogens (tertiary/aromatic N) is 1. The molecule has 0 heterocycles. The summed E-state index contributed by atoms with van der Waals surface area (Å²) in [6.45, 7) is 0.208. The number of rotatable bonds is 6. The molecule has 5 nitrogen and oxygen atoms in total. The van der Waals surface area contributed by atoms with Crippen molar-refractivity contribution >= 4 is 16.3 Å². The molecule has 0 aliphatic carbocycles. The Bertz CT molecular complexity index is 754. The predicted molar refractivity (Wildman–Crippen MR) is 83.5 cm³/mol. The van der Waals surface area contributed by atoms with E-state index in [-0.39, 0.29) is 17.0 Å². The van der Waals surface area contributed by atoms with E-state index in [4.69, 9.17) is 4.74 Å². The fourth-order valence-corrected chi connectivity index (χ4v) is 3.37. The molecule has 0 N–H and O–H groups in total. The second-order valence-electron chi connectivity index (χ2n) is 4.76. The van der Waals surface area contributed by atoms with Gasteiger partial charge in [-0.2, -0.15) is 4.31 Å². The van der Waals surface area contributed by atoms with Crippen LogP contribution in [0.5, 0.6) is 5.75 Å². The highest BCUT2D eigenvalue weighted by Crippen LogP contribution is 2.20. The number of sulfonamides is 1. The highest BCUT2D eigenvalue weighted by atomic mass is 32.2. The highest BCUT2D eigenvalue weighted by Gasteiger charge is 2.23. The van der Waals surface area contributed by atoms with Crippen molar-refractivity contribution in [3.63, 3.8) is 0 Å². The Balaban J connectivity index is 2.26. The van der Waals surface area contributed by atoms with Gasteiger partial charge in [0.25, 0.3) is 0 Å². The summed E-state index contributed by atoms with van der Waals surface area (Å²) in [4.78, 5) is 11.0. The van der Waals surface area contributed by atoms with Crippen molar-refractivity contribution in [2.75, 3.05) is 14.2 Å². The van der Waals surface area contributed by atoms with Crippen molar-refractivity contribution in [3.8, 4) is 5.75 Å². The molecular weight excluding hydrogens is 302 g/mol. The molecule has 22 heavy (non-hydrogen) atoms. The van der Waals surface area contributed by atoms with Crippen molar-refractivity contribution in [2.24, 2.45) is 0 Å². The molecule has 0 spiro atoms. The highest BCUT2D eigenvalue weighted by molar-refractivity contribution is 7.89. The number of carbonyl (C=O) groups excluding carboxylic acids is 1. The number of methoxy groups -OCH3 is 1. The van der Waals surface area contributed by atoms with E-state index < -0.39 is 10.0 Å². The first-order valence-corrected chi connectivity index (χ1v) is 8.06. The summed E-state index contributed by atoms with van der Waals surface area (Å²) in [6.07, 6.45) is 0.550. The van der Waals surface area contributed by atoms with Crippen LogP contribution in [0.2, 0.25) is 0 Å². The van der Waals surface area contributed by atoms with Crippen molar-refractivity contribution in [2.45, 2.75) is 11.4 Å². The summed E-state index contributed by atoms with van der Waals surface area (Å²) in [5, 5.41) is 0. The molecule has 0 bridgehead atoms. The lowest BCUT2D eigenvalue weighted by molar-refractivity contribution is 0.112. The van der Waals surface area contributed by atoms with E-state index in [0.717, 1.165) is 5.56 Å². The summed E-state index contributed by atoms with van der Waals surface area (Å²) in [7, 11) is -0.666. The lowest BCUT2D eigenvalue weighted by Crippen LogP contribution is -2.27.